The minimum atomic E-state index is 0.163. The van der Waals surface area contributed by atoms with Gasteiger partial charge in [0.1, 0.15) is 10.9 Å². The molecule has 0 spiro atoms. The topological polar surface area (TPSA) is 48.9 Å². The molecule has 0 aliphatic heterocycles. The average molecular weight is 294 g/mol. The lowest BCUT2D eigenvalue weighted by Crippen LogP contribution is -1.73. The van der Waals surface area contributed by atoms with Gasteiger partial charge in [-0.1, -0.05) is 11.6 Å². The lowest BCUT2D eigenvalue weighted by Gasteiger charge is -1.94. The summed E-state index contributed by atoms with van der Waals surface area (Å²) in [6.07, 6.45) is 0. The predicted molar refractivity (Wildman–Crippen MR) is 55.5 cm³/mol. The smallest absolute Gasteiger partial charge is 0.135 e. The van der Waals surface area contributed by atoms with E-state index in [0.29, 0.717) is 16.1 Å². The van der Waals surface area contributed by atoms with E-state index in [9.17, 15) is 5.11 Å². The minimum Gasteiger partial charge on any atom is -0.507 e. The van der Waals surface area contributed by atoms with Crippen LogP contribution in [0.3, 0.4) is 0 Å². The molecule has 2 rings (SSSR count). The summed E-state index contributed by atoms with van der Waals surface area (Å²) in [5.74, 6) is 0.163. The van der Waals surface area contributed by atoms with Crippen molar-refractivity contribution in [2.24, 2.45) is 0 Å². The Morgan fingerprint density at radius 2 is 2.25 bits per heavy atom. The fourth-order valence-corrected chi connectivity index (χ4v) is 1.88. The van der Waals surface area contributed by atoms with Gasteiger partial charge in [-0.2, -0.15) is 5.10 Å². The zero-order chi connectivity index (χ0) is 8.72. The van der Waals surface area contributed by atoms with Gasteiger partial charge in [-0.05, 0) is 34.7 Å². The van der Waals surface area contributed by atoms with Crippen molar-refractivity contribution in [3.63, 3.8) is 0 Å². The van der Waals surface area contributed by atoms with E-state index in [1.807, 2.05) is 6.07 Å². The normalized spacial score (nSPS) is 10.8. The number of aromatic nitrogens is 2. The molecule has 0 unspecified atom stereocenters. The van der Waals surface area contributed by atoms with Crippen LogP contribution in [0, 0.1) is 3.57 Å². The van der Waals surface area contributed by atoms with Crippen LogP contribution in [0.4, 0.5) is 0 Å². The number of aromatic hydroxyl groups is 1. The summed E-state index contributed by atoms with van der Waals surface area (Å²) in [7, 11) is 0. The standard InChI is InChI=1S/C7H4ClIN2O/c8-7-6-4(10-11-7)1-3(9)2-5(6)12/h1-2,12H,(H,10,11). The molecule has 3 nitrogen and oxygen atoms in total. The molecule has 5 heteroatoms. The van der Waals surface area contributed by atoms with Crippen molar-refractivity contribution in [2.75, 3.05) is 0 Å². The summed E-state index contributed by atoms with van der Waals surface area (Å²) in [6, 6.07) is 3.49. The summed E-state index contributed by atoms with van der Waals surface area (Å²) >= 11 is 7.86. The van der Waals surface area contributed by atoms with Crippen LogP contribution in [-0.4, -0.2) is 15.3 Å². The third-order valence-corrected chi connectivity index (χ3v) is 2.45. The van der Waals surface area contributed by atoms with E-state index in [4.69, 9.17) is 11.6 Å². The van der Waals surface area contributed by atoms with Gasteiger partial charge in [-0.15, -0.1) is 0 Å². The number of phenols is 1. The number of hydrogen-bond donors (Lipinski definition) is 2. The lowest BCUT2D eigenvalue weighted by molar-refractivity contribution is 0.481. The first kappa shape index (κ1) is 8.12. The number of benzene rings is 1. The molecule has 1 heterocycles. The monoisotopic (exact) mass is 294 g/mol. The summed E-state index contributed by atoms with van der Waals surface area (Å²) in [5.41, 5.74) is 0.685. The van der Waals surface area contributed by atoms with Crippen LogP contribution in [0.25, 0.3) is 10.9 Å². The number of rotatable bonds is 0. The SMILES string of the molecule is Oc1cc(I)cc2n[nH]c(Cl)c12. The molecule has 1 aromatic heterocycles. The Kier molecular flexibility index (Phi) is 1.88. The molecule has 0 radical (unpaired) electrons. The predicted octanol–water partition coefficient (Wildman–Crippen LogP) is 2.53. The van der Waals surface area contributed by atoms with E-state index >= 15 is 0 Å². The van der Waals surface area contributed by atoms with Crippen molar-refractivity contribution >= 4 is 45.1 Å². The van der Waals surface area contributed by atoms with Crippen molar-refractivity contribution in [3.8, 4) is 5.75 Å². The highest BCUT2D eigenvalue weighted by molar-refractivity contribution is 14.1. The number of phenolic OH excluding ortho intramolecular Hbond substituents is 1. The molecule has 0 bridgehead atoms. The molecule has 12 heavy (non-hydrogen) atoms. The van der Waals surface area contributed by atoms with Crippen molar-refractivity contribution in [1.29, 1.82) is 0 Å². The number of nitrogens with one attached hydrogen (secondary N) is 1. The van der Waals surface area contributed by atoms with Gasteiger partial charge in [0.2, 0.25) is 0 Å². The van der Waals surface area contributed by atoms with Crippen LogP contribution >= 0.6 is 34.2 Å². The molecule has 2 aromatic rings. The van der Waals surface area contributed by atoms with Crippen LogP contribution in [0.2, 0.25) is 5.15 Å². The highest BCUT2D eigenvalue weighted by Crippen LogP contribution is 2.30. The van der Waals surface area contributed by atoms with Gasteiger partial charge in [0.05, 0.1) is 10.9 Å². The zero-order valence-electron chi connectivity index (χ0n) is 5.81. The number of aromatic amines is 1. The molecule has 62 valence electrons. The number of hydrogen-bond acceptors (Lipinski definition) is 2. The third-order valence-electron chi connectivity index (χ3n) is 1.56. The number of H-pyrrole nitrogens is 1. The summed E-state index contributed by atoms with van der Waals surface area (Å²) in [5, 5.41) is 16.9. The van der Waals surface area contributed by atoms with Gasteiger partial charge in [0.15, 0.2) is 0 Å². The van der Waals surface area contributed by atoms with Crippen LogP contribution in [0.15, 0.2) is 12.1 Å². The molecule has 0 fully saturated rings. The van der Waals surface area contributed by atoms with Gasteiger partial charge in [0, 0.05) is 3.57 Å². The van der Waals surface area contributed by atoms with Gasteiger partial charge < -0.3 is 5.11 Å². The summed E-state index contributed by atoms with van der Waals surface area (Å²) in [4.78, 5) is 0. The second-order valence-electron chi connectivity index (χ2n) is 2.36. The van der Waals surface area contributed by atoms with Crippen molar-refractivity contribution in [2.45, 2.75) is 0 Å². The highest BCUT2D eigenvalue weighted by Gasteiger charge is 2.08. The molecular formula is C7H4ClIN2O. The fraction of sp³-hybridized carbons (Fsp3) is 0. The minimum absolute atomic E-state index is 0.163. The van der Waals surface area contributed by atoms with Crippen LogP contribution < -0.4 is 0 Å². The Bertz CT molecular complexity index is 440. The Morgan fingerprint density at radius 3 is 3.00 bits per heavy atom. The first-order valence-corrected chi connectivity index (χ1v) is 4.66. The quantitative estimate of drug-likeness (QED) is 0.734. The first-order valence-electron chi connectivity index (χ1n) is 3.20. The molecule has 0 saturated heterocycles. The molecule has 0 atom stereocenters. The van der Waals surface area contributed by atoms with Gasteiger partial charge in [-0.25, -0.2) is 0 Å². The van der Waals surface area contributed by atoms with E-state index in [0.717, 1.165) is 3.57 Å². The molecule has 0 aliphatic carbocycles. The van der Waals surface area contributed by atoms with Gasteiger partial charge in [0.25, 0.3) is 0 Å². The van der Waals surface area contributed by atoms with E-state index < -0.39 is 0 Å². The fourth-order valence-electron chi connectivity index (χ4n) is 1.06. The third kappa shape index (κ3) is 1.15. The van der Waals surface area contributed by atoms with Crippen LogP contribution in [0.1, 0.15) is 0 Å². The number of nitrogens with zero attached hydrogens (tertiary/aromatic N) is 1. The van der Waals surface area contributed by atoms with Crippen LogP contribution in [-0.2, 0) is 0 Å². The summed E-state index contributed by atoms with van der Waals surface area (Å²) < 4.78 is 0.931. The maximum atomic E-state index is 9.47. The Hall–Kier alpha value is -0.490. The molecule has 0 saturated carbocycles. The maximum absolute atomic E-state index is 9.47. The molecule has 0 amide bonds. The Balaban J connectivity index is 2.93. The van der Waals surface area contributed by atoms with E-state index in [1.54, 1.807) is 6.07 Å². The largest absolute Gasteiger partial charge is 0.507 e. The number of fused-ring (bicyclic) bond motifs is 1. The second-order valence-corrected chi connectivity index (χ2v) is 3.98. The van der Waals surface area contributed by atoms with Gasteiger partial charge >= 0.3 is 0 Å². The van der Waals surface area contributed by atoms with Crippen molar-refractivity contribution in [1.82, 2.24) is 10.2 Å². The molecular weight excluding hydrogens is 290 g/mol. The Morgan fingerprint density at radius 1 is 1.50 bits per heavy atom. The molecule has 1 aromatic carbocycles. The second kappa shape index (κ2) is 2.77. The van der Waals surface area contributed by atoms with Crippen molar-refractivity contribution in [3.05, 3.63) is 20.9 Å². The van der Waals surface area contributed by atoms with Crippen molar-refractivity contribution < 1.29 is 5.11 Å². The zero-order valence-corrected chi connectivity index (χ0v) is 8.72. The number of halogens is 2. The maximum Gasteiger partial charge on any atom is 0.135 e. The molecule has 0 aliphatic rings. The van der Waals surface area contributed by atoms with E-state index in [-0.39, 0.29) is 5.75 Å². The Labute approximate surface area is 86.9 Å². The highest BCUT2D eigenvalue weighted by atomic mass is 127. The van der Waals surface area contributed by atoms with E-state index in [1.165, 1.54) is 0 Å². The van der Waals surface area contributed by atoms with Gasteiger partial charge in [-0.3, -0.25) is 5.10 Å². The first-order chi connectivity index (χ1) is 5.68. The van der Waals surface area contributed by atoms with E-state index in [2.05, 4.69) is 32.8 Å². The lowest BCUT2D eigenvalue weighted by atomic mass is 10.2. The molecule has 2 N–H and O–H groups in total. The van der Waals surface area contributed by atoms with Crippen LogP contribution in [0.5, 0.6) is 5.75 Å². The summed E-state index contributed by atoms with van der Waals surface area (Å²) in [6.45, 7) is 0. The average Bonchev–Trinajstić information content (AvgIpc) is 2.31.